The van der Waals surface area contributed by atoms with Crippen LogP contribution < -0.4 is 4.74 Å². The van der Waals surface area contributed by atoms with Crippen molar-refractivity contribution >= 4 is 11.9 Å². The number of aryl methyl sites for hydroxylation is 1. The fourth-order valence-electron chi connectivity index (χ4n) is 8.19. The van der Waals surface area contributed by atoms with Gasteiger partial charge >= 0.3 is 0 Å². The van der Waals surface area contributed by atoms with Crippen molar-refractivity contribution in [3.63, 3.8) is 0 Å². The second-order valence-corrected chi connectivity index (χ2v) is 12.4. The number of aliphatic hydroxyl groups excluding tert-OH is 1. The van der Waals surface area contributed by atoms with Crippen LogP contribution in [-0.4, -0.2) is 33.2 Å². The molecule has 196 valence electrons. The molecule has 0 aliphatic heterocycles. The molecule has 0 radical (unpaired) electrons. The van der Waals surface area contributed by atoms with Crippen LogP contribution in [0.4, 0.5) is 0 Å². The molecule has 0 bridgehead atoms. The molecule has 6 rings (SSSR count). The lowest BCUT2D eigenvalue weighted by molar-refractivity contribution is -0.130. The molecule has 1 aromatic carbocycles. The van der Waals surface area contributed by atoms with E-state index < -0.39 is 0 Å². The minimum Gasteiger partial charge on any atom is -0.494 e. The molecule has 5 nitrogen and oxygen atoms in total. The lowest BCUT2D eigenvalue weighted by atomic mass is 9.48. The second kappa shape index (κ2) is 9.58. The van der Waals surface area contributed by atoms with Crippen molar-refractivity contribution in [3.8, 4) is 5.75 Å². The third kappa shape index (κ3) is 4.39. The van der Waals surface area contributed by atoms with Crippen LogP contribution in [0.2, 0.25) is 0 Å². The maximum absolute atomic E-state index is 13.8. The van der Waals surface area contributed by atoms with Crippen LogP contribution >= 0.6 is 0 Å². The molecule has 1 aromatic heterocycles. The van der Waals surface area contributed by atoms with Gasteiger partial charge in [0.15, 0.2) is 5.78 Å². The Labute approximate surface area is 220 Å². The molecule has 0 spiro atoms. The zero-order valence-corrected chi connectivity index (χ0v) is 22.2. The third-order valence-electron chi connectivity index (χ3n) is 10.3. The largest absolute Gasteiger partial charge is 0.494 e. The first kappa shape index (κ1) is 24.7. The SMILES string of the molecule is C[C@]12CC[C@H](O)CC1=CC[C@@H]1[C@@H]2CC[C@]2(C)C(=O)C(=Cc3cccc(OCCCn4ccnc4)c3)C[C@@H]12. The van der Waals surface area contributed by atoms with Crippen LogP contribution in [0.25, 0.3) is 6.08 Å². The number of allylic oxidation sites excluding steroid dienone is 2. The fourth-order valence-corrected chi connectivity index (χ4v) is 8.19. The fraction of sp³-hybridized carbons (Fsp3) is 0.562. The number of aliphatic hydroxyl groups is 1. The Kier molecular flexibility index (Phi) is 6.38. The number of benzene rings is 1. The molecule has 4 aliphatic carbocycles. The Morgan fingerprint density at radius 2 is 2.03 bits per heavy atom. The summed E-state index contributed by atoms with van der Waals surface area (Å²) in [6.07, 6.45) is 17.8. The first-order chi connectivity index (χ1) is 17.9. The summed E-state index contributed by atoms with van der Waals surface area (Å²) < 4.78 is 8.08. The highest BCUT2D eigenvalue weighted by atomic mass is 16.5. The van der Waals surface area contributed by atoms with Crippen LogP contribution in [0, 0.1) is 28.6 Å². The number of Topliss-reactive ketones (excluding diaryl/α,β-unsaturated/α-hetero) is 1. The first-order valence-electron chi connectivity index (χ1n) is 14.2. The van der Waals surface area contributed by atoms with Crippen molar-refractivity contribution in [2.24, 2.45) is 28.6 Å². The number of aromatic nitrogens is 2. The summed E-state index contributed by atoms with van der Waals surface area (Å²) in [6.45, 7) is 6.21. The van der Waals surface area contributed by atoms with Crippen LogP contribution in [0.1, 0.15) is 70.8 Å². The molecule has 0 unspecified atom stereocenters. The number of carbonyl (C=O) groups excluding carboxylic acids is 1. The Hall–Kier alpha value is -2.66. The predicted octanol–water partition coefficient (Wildman–Crippen LogP) is 6.24. The van der Waals surface area contributed by atoms with E-state index >= 15 is 0 Å². The van der Waals surface area contributed by atoms with Crippen LogP contribution in [0.5, 0.6) is 5.75 Å². The number of imidazole rings is 1. The smallest absolute Gasteiger partial charge is 0.165 e. The highest BCUT2D eigenvalue weighted by Gasteiger charge is 2.59. The van der Waals surface area contributed by atoms with E-state index in [0.29, 0.717) is 30.1 Å². The number of carbonyl (C=O) groups is 1. The van der Waals surface area contributed by atoms with Crippen molar-refractivity contribution in [3.05, 3.63) is 65.8 Å². The van der Waals surface area contributed by atoms with Crippen molar-refractivity contribution in [1.82, 2.24) is 9.55 Å². The lowest BCUT2D eigenvalue weighted by Crippen LogP contribution is -2.50. The Balaban J connectivity index is 1.17. The Morgan fingerprint density at radius 1 is 1.16 bits per heavy atom. The molecule has 5 heteroatoms. The molecule has 4 aliphatic rings. The van der Waals surface area contributed by atoms with E-state index in [2.05, 4.69) is 47.7 Å². The first-order valence-corrected chi connectivity index (χ1v) is 14.2. The average molecular weight is 501 g/mol. The van der Waals surface area contributed by atoms with Gasteiger partial charge in [0.2, 0.25) is 0 Å². The second-order valence-electron chi connectivity index (χ2n) is 12.4. The summed E-state index contributed by atoms with van der Waals surface area (Å²) in [5.74, 6) is 2.81. The molecule has 3 fully saturated rings. The van der Waals surface area contributed by atoms with Crippen LogP contribution in [-0.2, 0) is 11.3 Å². The number of fused-ring (bicyclic) bond motifs is 5. The number of rotatable bonds is 6. The molecule has 1 heterocycles. The molecule has 1 N–H and O–H groups in total. The number of ether oxygens (including phenoxy) is 1. The average Bonchev–Trinajstić information content (AvgIpc) is 3.49. The number of ketones is 1. The molecule has 3 saturated carbocycles. The summed E-state index contributed by atoms with van der Waals surface area (Å²) in [5, 5.41) is 10.3. The van der Waals surface area contributed by atoms with Gasteiger partial charge in [-0.1, -0.05) is 37.6 Å². The molecule has 0 saturated heterocycles. The highest BCUT2D eigenvalue weighted by Crippen LogP contribution is 2.64. The van der Waals surface area contributed by atoms with Gasteiger partial charge in [0.25, 0.3) is 0 Å². The third-order valence-corrected chi connectivity index (χ3v) is 10.3. The van der Waals surface area contributed by atoms with Gasteiger partial charge in [-0.25, -0.2) is 4.98 Å². The number of hydrogen-bond acceptors (Lipinski definition) is 4. The Bertz CT molecular complexity index is 1210. The topological polar surface area (TPSA) is 64.3 Å². The van der Waals surface area contributed by atoms with Gasteiger partial charge in [-0.15, -0.1) is 0 Å². The zero-order chi connectivity index (χ0) is 25.6. The zero-order valence-electron chi connectivity index (χ0n) is 22.2. The minimum absolute atomic E-state index is 0.177. The number of nitrogens with zero attached hydrogens (tertiary/aromatic N) is 2. The van der Waals surface area contributed by atoms with Gasteiger partial charge in [0.1, 0.15) is 5.75 Å². The standard InChI is InChI=1S/C32H40N2O3/c1-31-11-9-25(35)20-24(31)7-8-27-28(31)10-12-32(2)29(27)19-23(30(32)36)17-22-5-3-6-26(18-22)37-16-4-14-34-15-13-33-21-34/h3,5-7,13,15,17-18,21,25,27-29,35H,4,8-12,14,16,19-20H2,1-2H3/t25-,27+,28-,29-,31-,32-/m0/s1. The van der Waals surface area contributed by atoms with Gasteiger partial charge in [0, 0.05) is 24.4 Å². The lowest BCUT2D eigenvalue weighted by Gasteiger charge is -2.56. The van der Waals surface area contributed by atoms with Crippen LogP contribution in [0.3, 0.4) is 0 Å². The van der Waals surface area contributed by atoms with Gasteiger partial charge in [-0.3, -0.25) is 4.79 Å². The summed E-state index contributed by atoms with van der Waals surface area (Å²) in [7, 11) is 0. The predicted molar refractivity (Wildman–Crippen MR) is 145 cm³/mol. The van der Waals surface area contributed by atoms with Crippen LogP contribution in [0.15, 0.2) is 60.2 Å². The van der Waals surface area contributed by atoms with E-state index in [0.717, 1.165) is 74.8 Å². The van der Waals surface area contributed by atoms with E-state index in [1.54, 1.807) is 6.20 Å². The molecule has 0 amide bonds. The van der Waals surface area contributed by atoms with E-state index in [-0.39, 0.29) is 16.9 Å². The summed E-state index contributed by atoms with van der Waals surface area (Å²) >= 11 is 0. The van der Waals surface area contributed by atoms with E-state index in [9.17, 15) is 9.90 Å². The maximum atomic E-state index is 13.8. The van der Waals surface area contributed by atoms with Crippen molar-refractivity contribution in [1.29, 1.82) is 0 Å². The molecular formula is C32H40N2O3. The number of hydrogen-bond donors (Lipinski definition) is 1. The van der Waals surface area contributed by atoms with Crippen molar-refractivity contribution in [2.45, 2.75) is 77.9 Å². The normalized spacial score (nSPS) is 36.0. The summed E-state index contributed by atoms with van der Waals surface area (Å²) in [5.41, 5.74) is 3.48. The monoisotopic (exact) mass is 500 g/mol. The van der Waals surface area contributed by atoms with Crippen molar-refractivity contribution in [2.75, 3.05) is 6.61 Å². The minimum atomic E-state index is -0.246. The maximum Gasteiger partial charge on any atom is 0.165 e. The highest BCUT2D eigenvalue weighted by molar-refractivity contribution is 6.06. The van der Waals surface area contributed by atoms with Gasteiger partial charge in [-0.05, 0) is 104 Å². The van der Waals surface area contributed by atoms with E-state index in [1.165, 1.54) is 5.57 Å². The van der Waals surface area contributed by atoms with Gasteiger partial charge in [-0.2, -0.15) is 0 Å². The Morgan fingerprint density at radius 3 is 2.86 bits per heavy atom. The van der Waals surface area contributed by atoms with Gasteiger partial charge < -0.3 is 14.4 Å². The van der Waals surface area contributed by atoms with Gasteiger partial charge in [0.05, 0.1) is 19.0 Å². The molecule has 37 heavy (non-hydrogen) atoms. The molecule has 6 atom stereocenters. The quantitative estimate of drug-likeness (QED) is 0.290. The van der Waals surface area contributed by atoms with E-state index in [4.69, 9.17) is 4.74 Å². The summed E-state index contributed by atoms with van der Waals surface area (Å²) in [4.78, 5) is 17.9. The van der Waals surface area contributed by atoms with Crippen molar-refractivity contribution < 1.29 is 14.6 Å². The molecular weight excluding hydrogens is 460 g/mol. The van der Waals surface area contributed by atoms with E-state index in [1.807, 2.05) is 24.7 Å². The molecule has 2 aromatic rings. The summed E-state index contributed by atoms with van der Waals surface area (Å²) in [6, 6.07) is 8.16.